The van der Waals surface area contributed by atoms with Gasteiger partial charge in [0.05, 0.1) is 17.0 Å². The summed E-state index contributed by atoms with van der Waals surface area (Å²) in [5.41, 5.74) is 1.45. The maximum Gasteiger partial charge on any atom is 0.236 e. The fourth-order valence-corrected chi connectivity index (χ4v) is 3.70. The Kier molecular flexibility index (Phi) is 5.69. The van der Waals surface area contributed by atoms with Gasteiger partial charge in [-0.25, -0.2) is 4.98 Å². The van der Waals surface area contributed by atoms with E-state index in [9.17, 15) is 9.90 Å². The summed E-state index contributed by atoms with van der Waals surface area (Å²) in [6, 6.07) is 6.93. The predicted octanol–water partition coefficient (Wildman–Crippen LogP) is 3.33. The second kappa shape index (κ2) is 8.15. The molecule has 7 nitrogen and oxygen atoms in total. The summed E-state index contributed by atoms with van der Waals surface area (Å²) in [5, 5.41) is 24.2. The zero-order chi connectivity index (χ0) is 18.5. The summed E-state index contributed by atoms with van der Waals surface area (Å²) >= 11 is 2.65. The molecular formula is C17H17N5O2S2. The molecule has 0 aliphatic carbocycles. The molecule has 0 aliphatic heterocycles. The minimum Gasteiger partial charge on any atom is -0.507 e. The standard InChI is InChI=1S/C17H17N5O2S2/c1-3-8-22-15(12-6-4-5-7-13(12)23)20-21-17(22)26-10-14(24)19-16-18-11(2)9-25-16/h3-7,9,23H,1,8,10H2,2H3,(H,18,19,24). The highest BCUT2D eigenvalue weighted by atomic mass is 32.2. The number of carbonyl (C=O) groups excluding carboxylic acids is 1. The Bertz CT molecular complexity index is 935. The molecule has 0 atom stereocenters. The van der Waals surface area contributed by atoms with Crippen molar-refractivity contribution in [2.24, 2.45) is 0 Å². The average molecular weight is 387 g/mol. The number of benzene rings is 1. The zero-order valence-corrected chi connectivity index (χ0v) is 15.7. The summed E-state index contributed by atoms with van der Waals surface area (Å²) in [6.07, 6.45) is 1.72. The van der Waals surface area contributed by atoms with E-state index in [1.807, 2.05) is 22.9 Å². The monoisotopic (exact) mass is 387 g/mol. The number of thioether (sulfide) groups is 1. The predicted molar refractivity (Wildman–Crippen MR) is 104 cm³/mol. The number of phenols is 1. The van der Waals surface area contributed by atoms with Crippen LogP contribution in [0.4, 0.5) is 5.13 Å². The number of aromatic nitrogens is 4. The van der Waals surface area contributed by atoms with Gasteiger partial charge in [0.15, 0.2) is 16.1 Å². The molecule has 26 heavy (non-hydrogen) atoms. The van der Waals surface area contributed by atoms with Crippen LogP contribution < -0.4 is 5.32 Å². The zero-order valence-electron chi connectivity index (χ0n) is 14.0. The summed E-state index contributed by atoms with van der Waals surface area (Å²) in [4.78, 5) is 16.3. The van der Waals surface area contributed by atoms with Gasteiger partial charge in [-0.1, -0.05) is 30.0 Å². The summed E-state index contributed by atoms with van der Waals surface area (Å²) < 4.78 is 1.81. The van der Waals surface area contributed by atoms with Gasteiger partial charge in [0.2, 0.25) is 5.91 Å². The number of aryl methyl sites for hydroxylation is 1. The van der Waals surface area contributed by atoms with E-state index in [-0.39, 0.29) is 17.4 Å². The van der Waals surface area contributed by atoms with Crippen LogP contribution >= 0.6 is 23.1 Å². The Labute approximate surface area is 158 Å². The Morgan fingerprint density at radius 2 is 2.23 bits per heavy atom. The summed E-state index contributed by atoms with van der Waals surface area (Å²) in [5.74, 6) is 0.663. The Morgan fingerprint density at radius 1 is 1.42 bits per heavy atom. The number of aromatic hydroxyl groups is 1. The number of carbonyl (C=O) groups is 1. The molecule has 1 amide bonds. The second-order valence-electron chi connectivity index (χ2n) is 5.35. The molecule has 9 heteroatoms. The van der Waals surface area contributed by atoms with Crippen molar-refractivity contribution >= 4 is 34.1 Å². The minimum atomic E-state index is -0.165. The molecule has 0 spiro atoms. The van der Waals surface area contributed by atoms with Gasteiger partial charge in [0.25, 0.3) is 0 Å². The molecule has 3 aromatic rings. The van der Waals surface area contributed by atoms with Gasteiger partial charge in [0.1, 0.15) is 5.75 Å². The van der Waals surface area contributed by atoms with Crippen LogP contribution in [0.3, 0.4) is 0 Å². The number of amides is 1. The molecule has 0 saturated carbocycles. The number of nitrogens with one attached hydrogen (secondary N) is 1. The average Bonchev–Trinajstić information content (AvgIpc) is 3.20. The first-order valence-electron chi connectivity index (χ1n) is 7.75. The topological polar surface area (TPSA) is 92.9 Å². The molecule has 2 aromatic heterocycles. The number of hydrogen-bond donors (Lipinski definition) is 2. The number of anilines is 1. The first-order valence-corrected chi connectivity index (χ1v) is 9.62. The highest BCUT2D eigenvalue weighted by Gasteiger charge is 2.17. The highest BCUT2D eigenvalue weighted by molar-refractivity contribution is 7.99. The number of rotatable bonds is 7. The first kappa shape index (κ1) is 18.2. The SMILES string of the molecule is C=CCn1c(SCC(=O)Nc2nc(C)cs2)nnc1-c1ccccc1O. The van der Waals surface area contributed by atoms with Crippen molar-refractivity contribution in [3.8, 4) is 17.1 Å². The van der Waals surface area contributed by atoms with E-state index in [0.717, 1.165) is 5.69 Å². The fourth-order valence-electron chi connectivity index (χ4n) is 2.25. The van der Waals surface area contributed by atoms with E-state index in [2.05, 4.69) is 27.1 Å². The number of thiazole rings is 1. The Hall–Kier alpha value is -2.65. The van der Waals surface area contributed by atoms with E-state index < -0.39 is 0 Å². The lowest BCUT2D eigenvalue weighted by atomic mass is 10.2. The van der Waals surface area contributed by atoms with Gasteiger partial charge >= 0.3 is 0 Å². The number of phenolic OH excluding ortho intramolecular Hbond substituents is 1. The first-order chi connectivity index (χ1) is 12.6. The third kappa shape index (κ3) is 4.12. The number of para-hydroxylation sites is 1. The van der Waals surface area contributed by atoms with Crippen LogP contribution in [0.25, 0.3) is 11.4 Å². The van der Waals surface area contributed by atoms with Crippen molar-refractivity contribution in [3.63, 3.8) is 0 Å². The van der Waals surface area contributed by atoms with Crippen LogP contribution in [0.2, 0.25) is 0 Å². The van der Waals surface area contributed by atoms with E-state index in [1.54, 1.807) is 24.3 Å². The molecular weight excluding hydrogens is 370 g/mol. The van der Waals surface area contributed by atoms with Crippen LogP contribution in [0, 0.1) is 6.92 Å². The molecule has 3 rings (SSSR count). The molecule has 0 unspecified atom stereocenters. The second-order valence-corrected chi connectivity index (χ2v) is 7.15. The lowest BCUT2D eigenvalue weighted by Gasteiger charge is -2.08. The smallest absolute Gasteiger partial charge is 0.236 e. The normalized spacial score (nSPS) is 10.7. The maximum atomic E-state index is 12.1. The van der Waals surface area contributed by atoms with Gasteiger partial charge in [-0.2, -0.15) is 0 Å². The third-order valence-corrected chi connectivity index (χ3v) is 5.21. The molecule has 0 bridgehead atoms. The van der Waals surface area contributed by atoms with Crippen molar-refractivity contribution in [2.75, 3.05) is 11.1 Å². The van der Waals surface area contributed by atoms with Gasteiger partial charge in [-0.15, -0.1) is 28.1 Å². The van der Waals surface area contributed by atoms with Gasteiger partial charge in [-0.3, -0.25) is 9.36 Å². The Morgan fingerprint density at radius 3 is 2.92 bits per heavy atom. The fraction of sp³-hybridized carbons (Fsp3) is 0.176. The van der Waals surface area contributed by atoms with Crippen molar-refractivity contribution in [2.45, 2.75) is 18.6 Å². The van der Waals surface area contributed by atoms with Crippen molar-refractivity contribution in [1.82, 2.24) is 19.7 Å². The molecule has 0 radical (unpaired) electrons. The van der Waals surface area contributed by atoms with Crippen LogP contribution in [0.1, 0.15) is 5.69 Å². The highest BCUT2D eigenvalue weighted by Crippen LogP contribution is 2.30. The number of hydrogen-bond acceptors (Lipinski definition) is 7. The molecule has 2 heterocycles. The number of allylic oxidation sites excluding steroid dienone is 1. The van der Waals surface area contributed by atoms with Crippen molar-refractivity contribution in [1.29, 1.82) is 0 Å². The lowest BCUT2D eigenvalue weighted by molar-refractivity contribution is -0.113. The van der Waals surface area contributed by atoms with Crippen LogP contribution in [0.5, 0.6) is 5.75 Å². The lowest BCUT2D eigenvalue weighted by Crippen LogP contribution is -2.14. The van der Waals surface area contributed by atoms with Crippen LogP contribution in [-0.2, 0) is 11.3 Å². The van der Waals surface area contributed by atoms with E-state index in [1.165, 1.54) is 23.1 Å². The van der Waals surface area contributed by atoms with E-state index >= 15 is 0 Å². The minimum absolute atomic E-state index is 0.124. The van der Waals surface area contributed by atoms with Gasteiger partial charge < -0.3 is 10.4 Å². The molecule has 0 saturated heterocycles. The maximum absolute atomic E-state index is 12.1. The van der Waals surface area contributed by atoms with Crippen molar-refractivity contribution < 1.29 is 9.90 Å². The molecule has 2 N–H and O–H groups in total. The van der Waals surface area contributed by atoms with Crippen molar-refractivity contribution in [3.05, 3.63) is 48.0 Å². The molecule has 0 fully saturated rings. The van der Waals surface area contributed by atoms with E-state index in [0.29, 0.717) is 28.2 Å². The quantitative estimate of drug-likeness (QED) is 0.477. The van der Waals surface area contributed by atoms with Crippen LogP contribution in [-0.4, -0.2) is 36.5 Å². The third-order valence-electron chi connectivity index (χ3n) is 3.37. The van der Waals surface area contributed by atoms with Gasteiger partial charge in [-0.05, 0) is 19.1 Å². The molecule has 1 aromatic carbocycles. The van der Waals surface area contributed by atoms with Crippen LogP contribution in [0.15, 0.2) is 47.5 Å². The summed E-state index contributed by atoms with van der Waals surface area (Å²) in [7, 11) is 0. The molecule has 0 aliphatic rings. The summed E-state index contributed by atoms with van der Waals surface area (Å²) in [6.45, 7) is 6.09. The van der Waals surface area contributed by atoms with Gasteiger partial charge in [0, 0.05) is 11.9 Å². The Balaban J connectivity index is 1.74. The number of nitrogens with zero attached hydrogens (tertiary/aromatic N) is 4. The largest absolute Gasteiger partial charge is 0.507 e. The molecule has 134 valence electrons. The van der Waals surface area contributed by atoms with E-state index in [4.69, 9.17) is 0 Å².